The second-order valence-corrected chi connectivity index (χ2v) is 3.37. The first-order valence-corrected chi connectivity index (χ1v) is 5.19. The van der Waals surface area contributed by atoms with Crippen LogP contribution in [0.4, 0.5) is 0 Å². The van der Waals surface area contributed by atoms with Crippen LogP contribution in [-0.2, 0) is 9.53 Å². The van der Waals surface area contributed by atoms with Gasteiger partial charge in [0.15, 0.2) is 0 Å². The van der Waals surface area contributed by atoms with Crippen LogP contribution in [0.15, 0.2) is 17.3 Å². The number of carbonyl (C=O) groups excluding carboxylic acids is 1. The highest BCUT2D eigenvalue weighted by atomic mass is 16.5. The Balaban J connectivity index is 2.19. The minimum Gasteiger partial charge on any atom is -0.465 e. The Morgan fingerprint density at radius 1 is 1.64 bits per heavy atom. The number of nitrogens with zero attached hydrogens (tertiary/aromatic N) is 1. The average molecular weight is 195 g/mol. The third kappa shape index (κ3) is 4.21. The van der Waals surface area contributed by atoms with Gasteiger partial charge in [-0.2, -0.15) is 0 Å². The van der Waals surface area contributed by atoms with Gasteiger partial charge in [-0.15, -0.1) is 0 Å². The lowest BCUT2D eigenvalue weighted by Crippen LogP contribution is -2.12. The predicted octanol–water partition coefficient (Wildman–Crippen LogP) is 2.47. The maximum Gasteiger partial charge on any atom is 0.311 e. The molecule has 0 aromatic carbocycles. The molecule has 0 atom stereocenters. The van der Waals surface area contributed by atoms with E-state index in [0.29, 0.717) is 13.0 Å². The van der Waals surface area contributed by atoms with Crippen molar-refractivity contribution in [2.45, 2.75) is 39.0 Å². The van der Waals surface area contributed by atoms with Crippen molar-refractivity contribution in [2.75, 3.05) is 6.61 Å². The lowest BCUT2D eigenvalue weighted by molar-refractivity contribution is -0.142. The molecule has 1 aliphatic heterocycles. The van der Waals surface area contributed by atoms with Crippen LogP contribution in [0.1, 0.15) is 39.0 Å². The summed E-state index contributed by atoms with van der Waals surface area (Å²) in [5.74, 6) is -0.146. The van der Waals surface area contributed by atoms with E-state index in [1.165, 1.54) is 0 Å². The summed E-state index contributed by atoms with van der Waals surface area (Å²) in [6.07, 6.45) is 7.99. The minimum absolute atomic E-state index is 0.146. The fourth-order valence-corrected chi connectivity index (χ4v) is 1.23. The standard InChI is InChI=1S/C11H17NO2/c1-2-3-8-14-11(13)9-10-6-4-5-7-12-10/h5,7H,2-4,6,8-9H2,1H3. The van der Waals surface area contributed by atoms with Gasteiger partial charge in [-0.25, -0.2) is 0 Å². The molecule has 0 saturated carbocycles. The quantitative estimate of drug-likeness (QED) is 0.499. The van der Waals surface area contributed by atoms with Crippen LogP contribution < -0.4 is 0 Å². The number of allylic oxidation sites excluding steroid dienone is 1. The lowest BCUT2D eigenvalue weighted by atomic mass is 10.1. The van der Waals surface area contributed by atoms with Crippen molar-refractivity contribution in [1.82, 2.24) is 0 Å². The highest BCUT2D eigenvalue weighted by Crippen LogP contribution is 2.06. The molecule has 0 aliphatic carbocycles. The molecule has 0 unspecified atom stereocenters. The molecule has 0 aromatic rings. The van der Waals surface area contributed by atoms with E-state index >= 15 is 0 Å². The van der Waals surface area contributed by atoms with Crippen LogP contribution in [-0.4, -0.2) is 18.3 Å². The largest absolute Gasteiger partial charge is 0.465 e. The molecule has 0 saturated heterocycles. The Morgan fingerprint density at radius 3 is 3.14 bits per heavy atom. The zero-order valence-electron chi connectivity index (χ0n) is 8.66. The zero-order valence-corrected chi connectivity index (χ0v) is 8.66. The van der Waals surface area contributed by atoms with Gasteiger partial charge in [-0.05, 0) is 19.3 Å². The molecule has 0 bridgehead atoms. The molecule has 3 heteroatoms. The SMILES string of the molecule is CCCCOC(=O)CC1=NC=CCC1. The van der Waals surface area contributed by atoms with Crippen molar-refractivity contribution in [3.63, 3.8) is 0 Å². The van der Waals surface area contributed by atoms with E-state index in [1.807, 2.05) is 6.08 Å². The summed E-state index contributed by atoms with van der Waals surface area (Å²) < 4.78 is 5.04. The minimum atomic E-state index is -0.146. The number of aliphatic imine (C=N–C) groups is 1. The Kier molecular flexibility index (Phi) is 4.97. The molecule has 1 rings (SSSR count). The first kappa shape index (κ1) is 11.0. The number of hydrogen-bond donors (Lipinski definition) is 0. The number of esters is 1. The summed E-state index contributed by atoms with van der Waals surface area (Å²) in [7, 11) is 0. The Labute approximate surface area is 84.9 Å². The first-order chi connectivity index (χ1) is 6.83. The number of carbonyl (C=O) groups is 1. The summed E-state index contributed by atoms with van der Waals surface area (Å²) in [5, 5.41) is 0. The van der Waals surface area contributed by atoms with Crippen LogP contribution in [0.5, 0.6) is 0 Å². The van der Waals surface area contributed by atoms with Gasteiger partial charge >= 0.3 is 5.97 Å². The summed E-state index contributed by atoms with van der Waals surface area (Å²) in [6, 6.07) is 0. The summed E-state index contributed by atoms with van der Waals surface area (Å²) in [5.41, 5.74) is 0.939. The smallest absolute Gasteiger partial charge is 0.311 e. The van der Waals surface area contributed by atoms with Crippen molar-refractivity contribution in [2.24, 2.45) is 4.99 Å². The topological polar surface area (TPSA) is 38.7 Å². The number of hydrogen-bond acceptors (Lipinski definition) is 3. The second kappa shape index (κ2) is 6.35. The molecular weight excluding hydrogens is 178 g/mol. The van der Waals surface area contributed by atoms with E-state index in [4.69, 9.17) is 4.74 Å². The van der Waals surface area contributed by atoms with Crippen LogP contribution in [0.2, 0.25) is 0 Å². The molecule has 1 aliphatic rings. The van der Waals surface area contributed by atoms with Gasteiger partial charge in [0.2, 0.25) is 0 Å². The Bertz CT molecular complexity index is 244. The third-order valence-electron chi connectivity index (χ3n) is 2.07. The van der Waals surface area contributed by atoms with Gasteiger partial charge in [0.05, 0.1) is 13.0 Å². The van der Waals surface area contributed by atoms with Gasteiger partial charge in [0.25, 0.3) is 0 Å². The van der Waals surface area contributed by atoms with Crippen molar-refractivity contribution in [3.05, 3.63) is 12.3 Å². The zero-order chi connectivity index (χ0) is 10.2. The highest BCUT2D eigenvalue weighted by molar-refractivity contribution is 5.99. The molecule has 0 amide bonds. The number of rotatable bonds is 5. The lowest BCUT2D eigenvalue weighted by Gasteiger charge is -2.07. The van der Waals surface area contributed by atoms with E-state index in [0.717, 1.165) is 31.4 Å². The summed E-state index contributed by atoms with van der Waals surface area (Å²) >= 11 is 0. The van der Waals surface area contributed by atoms with Crippen LogP contribution in [0, 0.1) is 0 Å². The van der Waals surface area contributed by atoms with E-state index in [1.54, 1.807) is 6.20 Å². The average Bonchev–Trinajstić information content (AvgIpc) is 2.20. The molecule has 0 radical (unpaired) electrons. The monoisotopic (exact) mass is 195 g/mol. The van der Waals surface area contributed by atoms with Gasteiger partial charge in [0.1, 0.15) is 0 Å². The maximum atomic E-state index is 11.3. The van der Waals surface area contributed by atoms with Crippen LogP contribution >= 0.6 is 0 Å². The van der Waals surface area contributed by atoms with Crippen LogP contribution in [0.3, 0.4) is 0 Å². The van der Waals surface area contributed by atoms with E-state index in [2.05, 4.69) is 11.9 Å². The van der Waals surface area contributed by atoms with Gasteiger partial charge in [-0.1, -0.05) is 19.4 Å². The maximum absolute atomic E-state index is 11.3. The van der Waals surface area contributed by atoms with Crippen molar-refractivity contribution in [1.29, 1.82) is 0 Å². The van der Waals surface area contributed by atoms with E-state index < -0.39 is 0 Å². The molecule has 14 heavy (non-hydrogen) atoms. The molecule has 0 fully saturated rings. The summed E-state index contributed by atoms with van der Waals surface area (Å²) in [6.45, 7) is 2.61. The molecule has 3 nitrogen and oxygen atoms in total. The molecule has 0 aromatic heterocycles. The second-order valence-electron chi connectivity index (χ2n) is 3.37. The molecule has 78 valence electrons. The molecule has 0 N–H and O–H groups in total. The van der Waals surface area contributed by atoms with Crippen molar-refractivity contribution >= 4 is 11.7 Å². The molecule has 0 spiro atoms. The van der Waals surface area contributed by atoms with Crippen molar-refractivity contribution in [3.8, 4) is 0 Å². The fourth-order valence-electron chi connectivity index (χ4n) is 1.23. The van der Waals surface area contributed by atoms with E-state index in [-0.39, 0.29) is 5.97 Å². The van der Waals surface area contributed by atoms with Gasteiger partial charge < -0.3 is 4.74 Å². The first-order valence-electron chi connectivity index (χ1n) is 5.19. The Morgan fingerprint density at radius 2 is 2.50 bits per heavy atom. The third-order valence-corrected chi connectivity index (χ3v) is 2.07. The molecule has 1 heterocycles. The van der Waals surface area contributed by atoms with Crippen LogP contribution in [0.25, 0.3) is 0 Å². The normalized spacial score (nSPS) is 15.1. The molecular formula is C11H17NO2. The van der Waals surface area contributed by atoms with Gasteiger partial charge in [0, 0.05) is 11.9 Å². The summed E-state index contributed by atoms with van der Waals surface area (Å²) in [4.78, 5) is 15.4. The van der Waals surface area contributed by atoms with Gasteiger partial charge in [-0.3, -0.25) is 9.79 Å². The number of unbranched alkanes of at least 4 members (excludes halogenated alkanes) is 1. The predicted molar refractivity (Wildman–Crippen MR) is 56.3 cm³/mol. The highest BCUT2D eigenvalue weighted by Gasteiger charge is 2.09. The Hall–Kier alpha value is -1.12. The van der Waals surface area contributed by atoms with E-state index in [9.17, 15) is 4.79 Å². The number of ether oxygens (including phenoxy) is 1. The fraction of sp³-hybridized carbons (Fsp3) is 0.636. The van der Waals surface area contributed by atoms with Crippen molar-refractivity contribution < 1.29 is 9.53 Å².